The molecule has 0 bridgehead atoms. The molecule has 0 aliphatic rings. The van der Waals surface area contributed by atoms with Crippen molar-refractivity contribution in [2.75, 3.05) is 0 Å². The molecule has 110 valence electrons. The Morgan fingerprint density at radius 2 is 1.91 bits per heavy atom. The third-order valence-corrected chi connectivity index (χ3v) is 3.39. The van der Waals surface area contributed by atoms with Crippen LogP contribution in [0.25, 0.3) is 10.9 Å². The Kier molecular flexibility index (Phi) is 3.96. The van der Waals surface area contributed by atoms with Crippen molar-refractivity contribution in [3.63, 3.8) is 0 Å². The second-order valence-corrected chi connectivity index (χ2v) is 4.92. The van der Waals surface area contributed by atoms with Gasteiger partial charge in [0.15, 0.2) is 5.43 Å². The summed E-state index contributed by atoms with van der Waals surface area (Å²) in [4.78, 5) is 28.0. The predicted octanol–water partition coefficient (Wildman–Crippen LogP) is 1.71. The van der Waals surface area contributed by atoms with E-state index in [1.54, 1.807) is 23.0 Å². The molecular weight excluding hydrogens is 278 g/mol. The number of amides is 1. The predicted molar refractivity (Wildman–Crippen MR) is 84.3 cm³/mol. The van der Waals surface area contributed by atoms with Crippen LogP contribution in [-0.2, 0) is 17.9 Å². The molecule has 2 heterocycles. The maximum absolute atomic E-state index is 12.1. The molecule has 0 aliphatic heterocycles. The van der Waals surface area contributed by atoms with Gasteiger partial charge in [-0.15, -0.1) is 0 Å². The van der Waals surface area contributed by atoms with Crippen LogP contribution in [0.15, 0.2) is 65.7 Å². The lowest BCUT2D eigenvalue weighted by molar-refractivity contribution is -0.121. The Labute approximate surface area is 127 Å². The van der Waals surface area contributed by atoms with Crippen LogP contribution < -0.4 is 10.7 Å². The van der Waals surface area contributed by atoms with E-state index in [2.05, 4.69) is 10.3 Å². The molecule has 1 amide bonds. The number of fused-ring (bicyclic) bond motifs is 1. The quantitative estimate of drug-likeness (QED) is 0.796. The number of benzene rings is 1. The molecule has 5 heteroatoms. The molecule has 3 rings (SSSR count). The first-order valence-electron chi connectivity index (χ1n) is 6.99. The van der Waals surface area contributed by atoms with Gasteiger partial charge in [-0.3, -0.25) is 14.6 Å². The number of carbonyl (C=O) groups is 1. The van der Waals surface area contributed by atoms with E-state index in [-0.39, 0.29) is 17.9 Å². The first-order chi connectivity index (χ1) is 10.7. The van der Waals surface area contributed by atoms with E-state index in [0.29, 0.717) is 11.9 Å². The van der Waals surface area contributed by atoms with Crippen molar-refractivity contribution in [1.29, 1.82) is 0 Å². The summed E-state index contributed by atoms with van der Waals surface area (Å²) in [6.45, 7) is 0.547. The number of aromatic nitrogens is 2. The smallest absolute Gasteiger partial charge is 0.240 e. The maximum Gasteiger partial charge on any atom is 0.240 e. The van der Waals surface area contributed by atoms with Crippen LogP contribution in [0.4, 0.5) is 0 Å². The molecule has 0 spiro atoms. The van der Waals surface area contributed by atoms with Crippen molar-refractivity contribution >= 4 is 16.8 Å². The zero-order valence-corrected chi connectivity index (χ0v) is 11.9. The molecule has 0 aliphatic carbocycles. The summed E-state index contributed by atoms with van der Waals surface area (Å²) in [6, 6.07) is 14.3. The molecule has 0 saturated heterocycles. The first-order valence-corrected chi connectivity index (χ1v) is 6.99. The van der Waals surface area contributed by atoms with Gasteiger partial charge in [0, 0.05) is 23.8 Å². The number of pyridine rings is 2. The average Bonchev–Trinajstić information content (AvgIpc) is 2.57. The fourth-order valence-electron chi connectivity index (χ4n) is 2.30. The van der Waals surface area contributed by atoms with Gasteiger partial charge in [-0.2, -0.15) is 0 Å². The van der Waals surface area contributed by atoms with Crippen molar-refractivity contribution in [1.82, 2.24) is 14.9 Å². The molecule has 0 fully saturated rings. The van der Waals surface area contributed by atoms with Crippen LogP contribution in [-0.4, -0.2) is 15.5 Å². The van der Waals surface area contributed by atoms with Crippen molar-refractivity contribution in [2.24, 2.45) is 0 Å². The molecule has 5 nitrogen and oxygen atoms in total. The van der Waals surface area contributed by atoms with Crippen LogP contribution in [0.1, 0.15) is 5.69 Å². The van der Waals surface area contributed by atoms with Gasteiger partial charge in [-0.1, -0.05) is 18.2 Å². The Morgan fingerprint density at radius 1 is 1.09 bits per heavy atom. The van der Waals surface area contributed by atoms with Crippen LogP contribution in [0.5, 0.6) is 0 Å². The van der Waals surface area contributed by atoms with E-state index in [1.165, 1.54) is 6.07 Å². The molecule has 0 saturated carbocycles. The topological polar surface area (TPSA) is 64.0 Å². The van der Waals surface area contributed by atoms with Crippen LogP contribution in [0.3, 0.4) is 0 Å². The van der Waals surface area contributed by atoms with E-state index in [4.69, 9.17) is 0 Å². The van der Waals surface area contributed by atoms with Crippen molar-refractivity contribution < 1.29 is 4.79 Å². The number of nitrogens with zero attached hydrogens (tertiary/aromatic N) is 2. The third kappa shape index (κ3) is 3.03. The van der Waals surface area contributed by atoms with E-state index in [9.17, 15) is 9.59 Å². The van der Waals surface area contributed by atoms with Gasteiger partial charge >= 0.3 is 0 Å². The summed E-state index contributed by atoms with van der Waals surface area (Å²) >= 11 is 0. The van der Waals surface area contributed by atoms with Crippen molar-refractivity contribution in [2.45, 2.75) is 13.1 Å². The summed E-state index contributed by atoms with van der Waals surface area (Å²) in [6.07, 6.45) is 3.34. The molecule has 0 radical (unpaired) electrons. The Balaban J connectivity index is 1.75. The molecule has 0 unspecified atom stereocenters. The van der Waals surface area contributed by atoms with Crippen LogP contribution in [0.2, 0.25) is 0 Å². The lowest BCUT2D eigenvalue weighted by atomic mass is 10.2. The molecular formula is C17H15N3O2. The lowest BCUT2D eigenvalue weighted by Crippen LogP contribution is -2.28. The highest BCUT2D eigenvalue weighted by atomic mass is 16.2. The normalized spacial score (nSPS) is 10.5. The number of para-hydroxylation sites is 1. The van der Waals surface area contributed by atoms with Crippen LogP contribution in [0, 0.1) is 0 Å². The van der Waals surface area contributed by atoms with E-state index >= 15 is 0 Å². The number of nitrogens with one attached hydrogen (secondary N) is 1. The largest absolute Gasteiger partial charge is 0.349 e. The van der Waals surface area contributed by atoms with Gasteiger partial charge in [0.25, 0.3) is 0 Å². The zero-order chi connectivity index (χ0) is 15.4. The number of hydrogen-bond donors (Lipinski definition) is 1. The minimum atomic E-state index is -0.126. The van der Waals surface area contributed by atoms with Crippen LogP contribution >= 0.6 is 0 Å². The second kappa shape index (κ2) is 6.22. The monoisotopic (exact) mass is 293 g/mol. The highest BCUT2D eigenvalue weighted by Gasteiger charge is 2.06. The molecule has 2 aromatic heterocycles. The zero-order valence-electron chi connectivity index (χ0n) is 11.9. The number of carbonyl (C=O) groups excluding carboxylic acids is 1. The van der Waals surface area contributed by atoms with Gasteiger partial charge < -0.3 is 9.88 Å². The first kappa shape index (κ1) is 14.0. The SMILES string of the molecule is O=C(Cn1ccc(=O)c2ccccc21)NCc1ccccn1. The molecule has 0 atom stereocenters. The summed E-state index contributed by atoms with van der Waals surface area (Å²) < 4.78 is 1.77. The number of hydrogen-bond acceptors (Lipinski definition) is 3. The van der Waals surface area contributed by atoms with Gasteiger partial charge in [0.1, 0.15) is 6.54 Å². The van der Waals surface area contributed by atoms with E-state index < -0.39 is 0 Å². The minimum absolute atomic E-state index is 0.0410. The Bertz CT molecular complexity index is 856. The van der Waals surface area contributed by atoms with Gasteiger partial charge in [0.05, 0.1) is 17.8 Å². The molecule has 22 heavy (non-hydrogen) atoms. The fourth-order valence-corrected chi connectivity index (χ4v) is 2.30. The highest BCUT2D eigenvalue weighted by Crippen LogP contribution is 2.09. The van der Waals surface area contributed by atoms with Crippen molar-refractivity contribution in [3.8, 4) is 0 Å². The van der Waals surface area contributed by atoms with Gasteiger partial charge in [0.2, 0.25) is 5.91 Å². The molecule has 3 aromatic rings. The lowest BCUT2D eigenvalue weighted by Gasteiger charge is -2.10. The van der Waals surface area contributed by atoms with E-state index in [1.807, 2.05) is 36.4 Å². The molecule has 1 aromatic carbocycles. The van der Waals surface area contributed by atoms with Crippen molar-refractivity contribution in [3.05, 3.63) is 76.8 Å². The summed E-state index contributed by atoms with van der Waals surface area (Å²) in [5, 5.41) is 3.44. The summed E-state index contributed by atoms with van der Waals surface area (Å²) in [7, 11) is 0. The third-order valence-electron chi connectivity index (χ3n) is 3.39. The average molecular weight is 293 g/mol. The highest BCUT2D eigenvalue weighted by molar-refractivity contribution is 5.82. The maximum atomic E-state index is 12.1. The summed E-state index contributed by atoms with van der Waals surface area (Å²) in [5.41, 5.74) is 1.52. The number of rotatable bonds is 4. The molecule has 1 N–H and O–H groups in total. The van der Waals surface area contributed by atoms with E-state index in [0.717, 1.165) is 11.2 Å². The standard InChI is InChI=1S/C17H15N3O2/c21-16-8-10-20(15-7-2-1-6-14(15)16)12-17(22)19-11-13-5-3-4-9-18-13/h1-10H,11-12H2,(H,19,22). The van der Waals surface area contributed by atoms with Gasteiger partial charge in [-0.05, 0) is 24.3 Å². The Morgan fingerprint density at radius 3 is 2.73 bits per heavy atom. The second-order valence-electron chi connectivity index (χ2n) is 4.92. The summed E-state index contributed by atoms with van der Waals surface area (Å²) in [5.74, 6) is -0.126. The minimum Gasteiger partial charge on any atom is -0.349 e. The Hall–Kier alpha value is -2.95. The fraction of sp³-hybridized carbons (Fsp3) is 0.118. The van der Waals surface area contributed by atoms with Gasteiger partial charge in [-0.25, -0.2) is 0 Å².